The molecule has 0 radical (unpaired) electrons. The van der Waals surface area contributed by atoms with Crippen LogP contribution in [0.3, 0.4) is 0 Å². The summed E-state index contributed by atoms with van der Waals surface area (Å²) in [6.07, 6.45) is -0.652. The average molecular weight is 305 g/mol. The molecule has 1 aromatic rings. The van der Waals surface area contributed by atoms with Crippen molar-refractivity contribution >= 4 is 23.4 Å². The number of nitrogens with two attached hydrogens (primary N) is 1. The highest BCUT2D eigenvalue weighted by Crippen LogP contribution is 2.44. The Labute approximate surface area is 130 Å². The third-order valence-electron chi connectivity index (χ3n) is 4.96. The van der Waals surface area contributed by atoms with Crippen LogP contribution in [0.4, 0.5) is 16.2 Å². The molecule has 2 N–H and O–H groups in total. The Morgan fingerprint density at radius 2 is 2.09 bits per heavy atom. The van der Waals surface area contributed by atoms with Gasteiger partial charge in [-0.2, -0.15) is 0 Å². The summed E-state index contributed by atoms with van der Waals surface area (Å²) in [6, 6.07) is 4.98. The normalized spacial score (nSPS) is 27.1. The number of nitrogen functional groups attached to an aromatic ring is 1. The Morgan fingerprint density at radius 3 is 2.59 bits per heavy atom. The molecule has 0 saturated carbocycles. The maximum Gasteiger partial charge on any atom is 0.315 e. The van der Waals surface area contributed by atoms with Gasteiger partial charge in [0.05, 0.1) is 26.1 Å². The zero-order valence-electron chi connectivity index (χ0n) is 13.5. The quantitative estimate of drug-likeness (QED) is 0.658. The molecule has 2 rings (SSSR count). The second-order valence-electron chi connectivity index (χ2n) is 6.07. The van der Waals surface area contributed by atoms with Gasteiger partial charge >= 0.3 is 5.91 Å². The number of quaternary nitrogens is 1. The van der Waals surface area contributed by atoms with E-state index in [9.17, 15) is 14.7 Å². The van der Waals surface area contributed by atoms with Gasteiger partial charge in [-0.25, -0.2) is 9.28 Å². The summed E-state index contributed by atoms with van der Waals surface area (Å²) in [5.41, 5.74) is 8.05. The molecule has 1 heterocycles. The largest absolute Gasteiger partial charge is 0.530 e. The van der Waals surface area contributed by atoms with Gasteiger partial charge in [-0.1, -0.05) is 0 Å². The second kappa shape index (κ2) is 5.61. The van der Waals surface area contributed by atoms with Crippen LogP contribution in [0, 0.1) is 0 Å². The van der Waals surface area contributed by atoms with Crippen LogP contribution < -0.4 is 15.3 Å². The number of carbonyl (C=O) groups excluding carboxylic acids is 2. The zero-order chi connectivity index (χ0) is 16.7. The van der Waals surface area contributed by atoms with Crippen molar-refractivity contribution in [1.29, 1.82) is 0 Å². The predicted octanol–water partition coefficient (Wildman–Crippen LogP) is 1.25. The van der Waals surface area contributed by atoms with E-state index in [0.29, 0.717) is 18.7 Å². The van der Waals surface area contributed by atoms with Crippen molar-refractivity contribution in [3.63, 3.8) is 0 Å². The maximum absolute atomic E-state index is 12.3. The number of hydrogen-bond donors (Lipinski definition) is 1. The molecular weight excluding hydrogens is 282 g/mol. The number of amides is 2. The van der Waals surface area contributed by atoms with Crippen LogP contribution in [0.1, 0.15) is 38.8 Å². The Bertz CT molecular complexity index is 617. The van der Waals surface area contributed by atoms with Crippen molar-refractivity contribution in [2.45, 2.75) is 39.3 Å². The number of carbonyl (C=O) groups is 2. The van der Waals surface area contributed by atoms with Crippen LogP contribution in [0.25, 0.3) is 0 Å². The third kappa shape index (κ3) is 2.33. The van der Waals surface area contributed by atoms with E-state index in [1.807, 2.05) is 20.0 Å². The lowest BCUT2D eigenvalue weighted by molar-refractivity contribution is -0.268. The minimum atomic E-state index is -1.20. The van der Waals surface area contributed by atoms with E-state index < -0.39 is 6.09 Å². The third-order valence-corrected chi connectivity index (χ3v) is 4.96. The minimum absolute atomic E-state index is 0.0217. The predicted molar refractivity (Wildman–Crippen MR) is 83.8 cm³/mol. The molecule has 6 heteroatoms. The fourth-order valence-electron chi connectivity index (χ4n) is 3.41. The molecule has 1 aromatic carbocycles. The van der Waals surface area contributed by atoms with Gasteiger partial charge in [0.15, 0.2) is 0 Å². The van der Waals surface area contributed by atoms with Gasteiger partial charge in [0.25, 0.3) is 0 Å². The topological polar surface area (TPSA) is 86.5 Å². The zero-order valence-corrected chi connectivity index (χ0v) is 13.5. The monoisotopic (exact) mass is 305 g/mol. The summed E-state index contributed by atoms with van der Waals surface area (Å²) in [7, 11) is 1.87. The fraction of sp³-hybridized carbons (Fsp3) is 0.500. The number of fused-ring (bicyclic) bond motifs is 1. The molecule has 3 atom stereocenters. The lowest BCUT2D eigenvalue weighted by Crippen LogP contribution is -2.60. The standard InChI is InChI=1S/C16H23N3O3/c1-5-18(16(21)22)14-8-10(2)19(4,11(3)20)15-7-6-12(17)9-13(14)15/h6-7,9-10,14H,5,8,17H2,1-4H3/t10-,14+,19?/m0/s1. The Kier molecular flexibility index (Phi) is 4.15. The van der Waals surface area contributed by atoms with Crippen molar-refractivity contribution in [3.05, 3.63) is 23.8 Å². The van der Waals surface area contributed by atoms with E-state index in [0.717, 1.165) is 11.3 Å². The summed E-state index contributed by atoms with van der Waals surface area (Å²) >= 11 is 0. The van der Waals surface area contributed by atoms with Crippen LogP contribution in [0.5, 0.6) is 0 Å². The smallest absolute Gasteiger partial charge is 0.315 e. The van der Waals surface area contributed by atoms with E-state index in [2.05, 4.69) is 0 Å². The molecule has 22 heavy (non-hydrogen) atoms. The van der Waals surface area contributed by atoms with E-state index >= 15 is 0 Å². The summed E-state index contributed by atoms with van der Waals surface area (Å²) in [6.45, 7) is 5.64. The van der Waals surface area contributed by atoms with E-state index in [4.69, 9.17) is 5.73 Å². The van der Waals surface area contributed by atoms with E-state index in [-0.39, 0.29) is 22.5 Å². The minimum Gasteiger partial charge on any atom is -0.530 e. The first-order chi connectivity index (χ1) is 10.2. The molecule has 6 nitrogen and oxygen atoms in total. The number of benzene rings is 1. The SMILES string of the molecule is CCN(C(=O)[O-])[C@@H]1C[C@H](C)[N+](C)(C(C)=O)c2ccc(N)cc21. The van der Waals surface area contributed by atoms with Crippen LogP contribution in [-0.2, 0) is 4.79 Å². The molecule has 0 aromatic heterocycles. The Morgan fingerprint density at radius 1 is 1.45 bits per heavy atom. The lowest BCUT2D eigenvalue weighted by Gasteiger charge is -2.46. The summed E-state index contributed by atoms with van der Waals surface area (Å²) in [5.74, 6) is 0.0217. The van der Waals surface area contributed by atoms with Crippen LogP contribution in [-0.4, -0.2) is 36.5 Å². The molecule has 0 aliphatic carbocycles. The Balaban J connectivity index is 2.66. The van der Waals surface area contributed by atoms with Gasteiger partial charge in [-0.05, 0) is 26.0 Å². The maximum atomic E-state index is 12.3. The molecule has 0 spiro atoms. The second-order valence-corrected chi connectivity index (χ2v) is 6.07. The first-order valence-electron chi connectivity index (χ1n) is 7.48. The number of anilines is 1. The molecule has 1 unspecified atom stereocenters. The van der Waals surface area contributed by atoms with Crippen LogP contribution in [0.15, 0.2) is 18.2 Å². The molecule has 2 amide bonds. The first kappa shape index (κ1) is 16.3. The van der Waals surface area contributed by atoms with Crippen LogP contribution in [0.2, 0.25) is 0 Å². The molecule has 0 saturated heterocycles. The highest BCUT2D eigenvalue weighted by molar-refractivity contribution is 5.88. The van der Waals surface area contributed by atoms with Gasteiger partial charge in [0.1, 0.15) is 11.8 Å². The molecule has 0 bridgehead atoms. The first-order valence-corrected chi connectivity index (χ1v) is 7.48. The Hall–Kier alpha value is -2.08. The highest BCUT2D eigenvalue weighted by Gasteiger charge is 2.46. The van der Waals surface area contributed by atoms with Gasteiger partial charge < -0.3 is 20.5 Å². The van der Waals surface area contributed by atoms with Gasteiger partial charge in [-0.3, -0.25) is 0 Å². The number of rotatable bonds is 2. The molecule has 1 aliphatic heterocycles. The fourth-order valence-corrected chi connectivity index (χ4v) is 3.41. The summed E-state index contributed by atoms with van der Waals surface area (Å²) < 4.78 is 0.150. The number of hydrogen-bond acceptors (Lipinski definition) is 4. The van der Waals surface area contributed by atoms with Crippen molar-refractivity contribution in [2.24, 2.45) is 0 Å². The van der Waals surface area contributed by atoms with Gasteiger partial charge in [-0.15, -0.1) is 0 Å². The van der Waals surface area contributed by atoms with E-state index in [1.165, 1.54) is 4.90 Å². The summed E-state index contributed by atoms with van der Waals surface area (Å²) in [5, 5.41) is 11.4. The molecule has 120 valence electrons. The van der Waals surface area contributed by atoms with Crippen LogP contribution >= 0.6 is 0 Å². The van der Waals surface area contributed by atoms with Crippen molar-refractivity contribution in [2.75, 3.05) is 19.3 Å². The van der Waals surface area contributed by atoms with Gasteiger partial charge in [0, 0.05) is 30.3 Å². The van der Waals surface area contributed by atoms with Crippen molar-refractivity contribution in [1.82, 2.24) is 9.38 Å². The summed E-state index contributed by atoms with van der Waals surface area (Å²) in [4.78, 5) is 25.0. The average Bonchev–Trinajstić information content (AvgIpc) is 2.44. The van der Waals surface area contributed by atoms with Gasteiger partial charge in [0.2, 0.25) is 0 Å². The molecule has 0 fully saturated rings. The number of carboxylic acid groups (broad SMARTS) is 1. The highest BCUT2D eigenvalue weighted by atomic mass is 16.4. The van der Waals surface area contributed by atoms with E-state index in [1.54, 1.807) is 26.0 Å². The van der Waals surface area contributed by atoms with Crippen molar-refractivity contribution < 1.29 is 14.7 Å². The molecular formula is C16H23N3O3. The molecule has 1 aliphatic rings. The number of nitrogens with zero attached hydrogens (tertiary/aromatic N) is 2. The van der Waals surface area contributed by atoms with Crippen molar-refractivity contribution in [3.8, 4) is 0 Å². The lowest BCUT2D eigenvalue weighted by atomic mass is 9.88.